The number of amides is 3. The number of anilines is 1. The maximum Gasteiger partial charge on any atom is 0.410 e. The molecule has 0 saturated carbocycles. The lowest BCUT2D eigenvalue weighted by atomic mass is 9.95. The Morgan fingerprint density at radius 1 is 0.923 bits per heavy atom. The smallest absolute Gasteiger partial charge is 0.410 e. The molecule has 0 bridgehead atoms. The quantitative estimate of drug-likeness (QED) is 0.450. The molecule has 0 spiro atoms. The van der Waals surface area contributed by atoms with Crippen LogP contribution in [-0.4, -0.2) is 53.8 Å². The molecule has 0 aromatic heterocycles. The van der Waals surface area contributed by atoms with Crippen molar-refractivity contribution >= 4 is 29.4 Å². The summed E-state index contributed by atoms with van der Waals surface area (Å²) in [6, 6.07) is 13.2. The molecule has 2 aromatic rings. The summed E-state index contributed by atoms with van der Waals surface area (Å²) in [5.74, 6) is -0.189. The Hall–Kier alpha value is -3.81. The highest BCUT2D eigenvalue weighted by Crippen LogP contribution is 2.28. The molecule has 0 unspecified atom stereocenters. The summed E-state index contributed by atoms with van der Waals surface area (Å²) in [5.41, 5.74) is 4.59. The summed E-state index contributed by atoms with van der Waals surface area (Å²) in [6.45, 7) is 14.6. The van der Waals surface area contributed by atoms with Gasteiger partial charge in [0.1, 0.15) is 11.2 Å². The van der Waals surface area contributed by atoms with Crippen molar-refractivity contribution in [3.05, 3.63) is 70.8 Å². The number of hydrogen-bond donors (Lipinski definition) is 2. The minimum absolute atomic E-state index is 0.189. The first kappa shape index (κ1) is 29.7. The van der Waals surface area contributed by atoms with E-state index in [0.29, 0.717) is 31.6 Å². The molecule has 2 aromatic carbocycles. The molecule has 1 aliphatic rings. The molecule has 0 fully saturated rings. The summed E-state index contributed by atoms with van der Waals surface area (Å²) in [5, 5.41) is 5.71. The van der Waals surface area contributed by atoms with Gasteiger partial charge < -0.3 is 25.0 Å². The number of rotatable bonds is 6. The summed E-state index contributed by atoms with van der Waals surface area (Å²) < 4.78 is 10.7. The zero-order chi connectivity index (χ0) is 28.8. The van der Waals surface area contributed by atoms with E-state index < -0.39 is 17.3 Å². The standard InChI is InChI=1S/C31H41N3O5/c1-21-20-25(12-13-26(21)23-15-18-34(19-16-23)29(37)39-31(5,6)7)33-27(35)24-10-8-22(9-11-24)14-17-32-28(36)38-30(2,3)4/h8-13,15,20H,14,16-19H2,1-7H3,(H,32,36)(H,33,35). The van der Waals surface area contributed by atoms with E-state index in [-0.39, 0.29) is 12.0 Å². The first-order valence-corrected chi connectivity index (χ1v) is 13.4. The lowest BCUT2D eigenvalue weighted by molar-refractivity contribution is 0.0270. The van der Waals surface area contributed by atoms with E-state index in [0.717, 1.165) is 28.8 Å². The van der Waals surface area contributed by atoms with E-state index in [4.69, 9.17) is 9.47 Å². The number of benzene rings is 2. The number of ether oxygens (including phenoxy) is 2. The van der Waals surface area contributed by atoms with Crippen molar-refractivity contribution in [2.45, 2.75) is 72.5 Å². The highest BCUT2D eigenvalue weighted by Gasteiger charge is 2.24. The van der Waals surface area contributed by atoms with Crippen LogP contribution in [0.2, 0.25) is 0 Å². The average Bonchev–Trinajstić information content (AvgIpc) is 2.82. The Labute approximate surface area is 231 Å². The van der Waals surface area contributed by atoms with Gasteiger partial charge in [-0.05, 0) is 108 Å². The van der Waals surface area contributed by atoms with Gasteiger partial charge >= 0.3 is 12.2 Å². The number of carbonyl (C=O) groups is 3. The molecular weight excluding hydrogens is 494 g/mol. The number of hydrogen-bond acceptors (Lipinski definition) is 5. The van der Waals surface area contributed by atoms with Gasteiger partial charge in [0.15, 0.2) is 0 Å². The topological polar surface area (TPSA) is 97.0 Å². The summed E-state index contributed by atoms with van der Waals surface area (Å²) in [6.07, 6.45) is 2.71. The van der Waals surface area contributed by atoms with Gasteiger partial charge in [-0.15, -0.1) is 0 Å². The first-order chi connectivity index (χ1) is 18.2. The molecular formula is C31H41N3O5. The number of carbonyl (C=O) groups excluding carboxylic acids is 3. The van der Waals surface area contributed by atoms with Gasteiger partial charge in [0.25, 0.3) is 5.91 Å². The average molecular weight is 536 g/mol. The van der Waals surface area contributed by atoms with Crippen LogP contribution in [0.15, 0.2) is 48.5 Å². The molecule has 1 heterocycles. The van der Waals surface area contributed by atoms with Crippen LogP contribution in [0.25, 0.3) is 5.57 Å². The minimum atomic E-state index is -0.531. The van der Waals surface area contributed by atoms with E-state index in [2.05, 4.69) is 16.7 Å². The second-order valence-corrected chi connectivity index (χ2v) is 11.8. The second kappa shape index (κ2) is 12.4. The van der Waals surface area contributed by atoms with Gasteiger partial charge in [-0.3, -0.25) is 4.79 Å². The van der Waals surface area contributed by atoms with E-state index in [9.17, 15) is 14.4 Å². The Kier molecular flexibility index (Phi) is 9.43. The molecule has 8 nitrogen and oxygen atoms in total. The Morgan fingerprint density at radius 2 is 1.59 bits per heavy atom. The number of nitrogens with zero attached hydrogens (tertiary/aromatic N) is 1. The van der Waals surface area contributed by atoms with E-state index in [1.54, 1.807) is 17.0 Å². The SMILES string of the molecule is Cc1cc(NC(=O)c2ccc(CCNC(=O)OC(C)(C)C)cc2)ccc1C1=CCN(C(=O)OC(C)(C)C)CC1. The zero-order valence-electron chi connectivity index (χ0n) is 24.1. The maximum atomic E-state index is 12.8. The van der Waals surface area contributed by atoms with Crippen LogP contribution in [0.3, 0.4) is 0 Å². The van der Waals surface area contributed by atoms with Crippen molar-refractivity contribution < 1.29 is 23.9 Å². The van der Waals surface area contributed by atoms with Crippen LogP contribution in [0, 0.1) is 6.92 Å². The summed E-state index contributed by atoms with van der Waals surface area (Å²) >= 11 is 0. The lowest BCUT2D eigenvalue weighted by Crippen LogP contribution is -2.39. The van der Waals surface area contributed by atoms with Crippen molar-refractivity contribution in [3.8, 4) is 0 Å². The van der Waals surface area contributed by atoms with Crippen LogP contribution < -0.4 is 10.6 Å². The normalized spacial score (nSPS) is 13.8. The molecule has 3 amide bonds. The maximum absolute atomic E-state index is 12.8. The van der Waals surface area contributed by atoms with Crippen molar-refractivity contribution in [1.82, 2.24) is 10.2 Å². The lowest BCUT2D eigenvalue weighted by Gasteiger charge is -2.30. The van der Waals surface area contributed by atoms with Crippen LogP contribution in [0.4, 0.5) is 15.3 Å². The largest absolute Gasteiger partial charge is 0.444 e. The summed E-state index contributed by atoms with van der Waals surface area (Å²) in [7, 11) is 0. The molecule has 2 N–H and O–H groups in total. The Morgan fingerprint density at radius 3 is 2.15 bits per heavy atom. The number of alkyl carbamates (subject to hydrolysis) is 1. The van der Waals surface area contributed by atoms with Gasteiger partial charge in [-0.1, -0.05) is 24.3 Å². The Bertz CT molecular complexity index is 1220. The highest BCUT2D eigenvalue weighted by atomic mass is 16.6. The van der Waals surface area contributed by atoms with Crippen molar-refractivity contribution in [1.29, 1.82) is 0 Å². The van der Waals surface area contributed by atoms with Gasteiger partial charge in [-0.2, -0.15) is 0 Å². The van der Waals surface area contributed by atoms with Crippen LogP contribution in [0.1, 0.15) is 75.0 Å². The third-order valence-electron chi connectivity index (χ3n) is 5.99. The van der Waals surface area contributed by atoms with Crippen LogP contribution in [0.5, 0.6) is 0 Å². The van der Waals surface area contributed by atoms with E-state index in [1.807, 2.05) is 78.8 Å². The van der Waals surface area contributed by atoms with E-state index in [1.165, 1.54) is 5.57 Å². The third kappa shape index (κ3) is 9.46. The fraction of sp³-hybridized carbons (Fsp3) is 0.452. The molecule has 1 aliphatic heterocycles. The fourth-order valence-electron chi connectivity index (χ4n) is 4.16. The zero-order valence-corrected chi connectivity index (χ0v) is 24.1. The van der Waals surface area contributed by atoms with Crippen molar-refractivity contribution in [2.24, 2.45) is 0 Å². The van der Waals surface area contributed by atoms with Crippen LogP contribution in [-0.2, 0) is 15.9 Å². The molecule has 39 heavy (non-hydrogen) atoms. The highest BCUT2D eigenvalue weighted by molar-refractivity contribution is 6.04. The predicted molar refractivity (Wildman–Crippen MR) is 154 cm³/mol. The molecule has 210 valence electrons. The van der Waals surface area contributed by atoms with E-state index >= 15 is 0 Å². The molecule has 0 aliphatic carbocycles. The molecule has 0 radical (unpaired) electrons. The third-order valence-corrected chi connectivity index (χ3v) is 5.99. The van der Waals surface area contributed by atoms with Crippen LogP contribution >= 0.6 is 0 Å². The molecule has 0 saturated heterocycles. The summed E-state index contributed by atoms with van der Waals surface area (Å²) in [4.78, 5) is 38.6. The van der Waals surface area contributed by atoms with Crippen molar-refractivity contribution in [3.63, 3.8) is 0 Å². The monoisotopic (exact) mass is 535 g/mol. The second-order valence-electron chi connectivity index (χ2n) is 11.8. The predicted octanol–water partition coefficient (Wildman–Crippen LogP) is 6.34. The molecule has 8 heteroatoms. The fourth-order valence-corrected chi connectivity index (χ4v) is 4.16. The van der Waals surface area contributed by atoms with Gasteiger partial charge in [0.2, 0.25) is 0 Å². The van der Waals surface area contributed by atoms with Gasteiger partial charge in [0, 0.05) is 30.9 Å². The number of aryl methyl sites for hydroxylation is 1. The number of nitrogens with one attached hydrogen (secondary N) is 2. The minimum Gasteiger partial charge on any atom is -0.444 e. The molecule has 0 atom stereocenters. The Balaban J connectivity index is 1.53. The van der Waals surface area contributed by atoms with Gasteiger partial charge in [0.05, 0.1) is 0 Å². The molecule has 3 rings (SSSR count). The van der Waals surface area contributed by atoms with Crippen molar-refractivity contribution in [2.75, 3.05) is 25.0 Å². The van der Waals surface area contributed by atoms with Gasteiger partial charge in [-0.25, -0.2) is 9.59 Å². The first-order valence-electron chi connectivity index (χ1n) is 13.4.